The van der Waals surface area contributed by atoms with Crippen LogP contribution in [0.4, 0.5) is 8.78 Å². The third-order valence-electron chi connectivity index (χ3n) is 5.83. The smallest absolute Gasteiger partial charge is 0.280 e. The number of carbonyl (C=O) groups excluding carboxylic acids is 1. The molecule has 0 aliphatic carbocycles. The van der Waals surface area contributed by atoms with Gasteiger partial charge in [-0.15, -0.1) is 0 Å². The molecule has 1 fully saturated rings. The van der Waals surface area contributed by atoms with Crippen molar-refractivity contribution < 1.29 is 22.0 Å². The Balaban J connectivity index is 1.62. The molecule has 10 heteroatoms. The number of halogens is 4. The average molecular weight is 525 g/mol. The van der Waals surface area contributed by atoms with E-state index in [1.54, 1.807) is 30.3 Å². The largest absolute Gasteiger partial charge is 0.298 e. The predicted molar refractivity (Wildman–Crippen MR) is 128 cm³/mol. The molecule has 5 nitrogen and oxygen atoms in total. The Kier molecular flexibility index (Phi) is 7.07. The Hall–Kier alpha value is -2.36. The van der Waals surface area contributed by atoms with E-state index in [4.69, 9.17) is 23.2 Å². The zero-order valence-corrected chi connectivity index (χ0v) is 20.3. The summed E-state index contributed by atoms with van der Waals surface area (Å²) in [6.07, 6.45) is 0.0898. The quantitative estimate of drug-likeness (QED) is 0.490. The van der Waals surface area contributed by atoms with Crippen molar-refractivity contribution in [2.24, 2.45) is 0 Å². The summed E-state index contributed by atoms with van der Waals surface area (Å²) in [6, 6.07) is 13.5. The number of ketones is 1. The number of hydrogen-bond donors (Lipinski definition) is 1. The lowest BCUT2D eigenvalue weighted by atomic mass is 9.93. The highest BCUT2D eigenvalue weighted by molar-refractivity contribution is 7.87. The van der Waals surface area contributed by atoms with Gasteiger partial charge in [-0.05, 0) is 59.5 Å². The van der Waals surface area contributed by atoms with Crippen LogP contribution in [0.5, 0.6) is 0 Å². The van der Waals surface area contributed by atoms with Gasteiger partial charge in [0.05, 0.1) is 16.1 Å². The highest BCUT2D eigenvalue weighted by atomic mass is 35.5. The maximum atomic E-state index is 13.5. The summed E-state index contributed by atoms with van der Waals surface area (Å²) >= 11 is 12.0. The molecule has 1 aliphatic heterocycles. The average Bonchev–Trinajstić information content (AvgIpc) is 2.78. The first-order valence-electron chi connectivity index (χ1n) is 10.3. The second-order valence-corrected chi connectivity index (χ2v) is 10.7. The Bertz CT molecular complexity index is 1370. The molecule has 1 heterocycles. The van der Waals surface area contributed by atoms with Crippen molar-refractivity contribution in [3.8, 4) is 11.1 Å². The second-order valence-electron chi connectivity index (χ2n) is 8.08. The number of nitrogens with one attached hydrogen (secondary N) is 1. The number of nitrogens with zero attached hydrogens (tertiary/aromatic N) is 1. The fraction of sp³-hybridized carbons (Fsp3) is 0.208. The minimum Gasteiger partial charge on any atom is -0.298 e. The molecule has 4 rings (SSSR count). The number of Topliss-reactive ketones (excluding diaryl/α,β-unsaturated/α-hetero) is 1. The zero-order valence-electron chi connectivity index (χ0n) is 17.9. The van der Waals surface area contributed by atoms with Crippen LogP contribution in [-0.2, 0) is 21.4 Å². The van der Waals surface area contributed by atoms with Gasteiger partial charge in [-0.2, -0.15) is 17.4 Å². The molecule has 1 saturated heterocycles. The number of likely N-dealkylation sites (N-methyl/N-ethyl adjacent to an activating group) is 1. The van der Waals surface area contributed by atoms with Gasteiger partial charge in [0.15, 0.2) is 5.78 Å². The predicted octanol–water partition coefficient (Wildman–Crippen LogP) is 5.33. The third-order valence-corrected chi connectivity index (χ3v) is 8.03. The fourth-order valence-corrected chi connectivity index (χ4v) is 5.78. The van der Waals surface area contributed by atoms with E-state index < -0.39 is 33.9 Å². The zero-order chi connectivity index (χ0) is 24.6. The van der Waals surface area contributed by atoms with E-state index in [-0.39, 0.29) is 28.7 Å². The maximum Gasteiger partial charge on any atom is 0.280 e. The van der Waals surface area contributed by atoms with Crippen LogP contribution in [0.15, 0.2) is 60.7 Å². The second kappa shape index (κ2) is 9.71. The SMILES string of the molecule is CN1[C@H](C(=O)Cc2ccc(F)c(Cl)c2)C[C@H](c2cccc(-c3ccc(F)cc3Cl)c2)NS1(=O)=O. The molecule has 178 valence electrons. The van der Waals surface area contributed by atoms with Gasteiger partial charge in [-0.1, -0.05) is 47.5 Å². The number of hydrogen-bond acceptors (Lipinski definition) is 3. The lowest BCUT2D eigenvalue weighted by Gasteiger charge is -2.36. The van der Waals surface area contributed by atoms with E-state index in [9.17, 15) is 22.0 Å². The summed E-state index contributed by atoms with van der Waals surface area (Å²) in [6.45, 7) is 0. The molecule has 3 aromatic rings. The summed E-state index contributed by atoms with van der Waals surface area (Å²) in [7, 11) is -2.61. The third kappa shape index (κ3) is 5.16. The topological polar surface area (TPSA) is 66.5 Å². The van der Waals surface area contributed by atoms with Crippen LogP contribution in [0, 0.1) is 11.6 Å². The van der Waals surface area contributed by atoms with Crippen LogP contribution < -0.4 is 4.72 Å². The standard InChI is InChI=1S/C24H20Cl2F2N2O3S/c1-30-23(24(31)10-14-5-8-21(28)20(26)9-14)13-22(29-34(30,32)33)16-4-2-3-15(11-16)18-7-6-17(27)12-19(18)25/h2-9,11-12,22-23,29H,10,13H2,1H3/t22-,23+/m1/s1. The number of rotatable bonds is 5. The summed E-state index contributed by atoms with van der Waals surface area (Å²) in [4.78, 5) is 13.1. The Morgan fingerprint density at radius 2 is 1.82 bits per heavy atom. The van der Waals surface area contributed by atoms with Crippen molar-refractivity contribution in [2.45, 2.75) is 24.9 Å². The van der Waals surface area contributed by atoms with Gasteiger partial charge in [0.25, 0.3) is 10.2 Å². The van der Waals surface area contributed by atoms with Crippen molar-refractivity contribution in [3.63, 3.8) is 0 Å². The highest BCUT2D eigenvalue weighted by Gasteiger charge is 2.40. The van der Waals surface area contributed by atoms with Crippen LogP contribution in [0.25, 0.3) is 11.1 Å². The Morgan fingerprint density at radius 3 is 2.53 bits per heavy atom. The van der Waals surface area contributed by atoms with Gasteiger partial charge in [-0.3, -0.25) is 4.79 Å². The van der Waals surface area contributed by atoms with E-state index in [0.29, 0.717) is 22.3 Å². The molecular weight excluding hydrogens is 505 g/mol. The van der Waals surface area contributed by atoms with Gasteiger partial charge in [0.1, 0.15) is 11.6 Å². The van der Waals surface area contributed by atoms with E-state index in [0.717, 1.165) is 4.31 Å². The molecule has 1 aliphatic rings. The molecule has 34 heavy (non-hydrogen) atoms. The summed E-state index contributed by atoms with van der Waals surface area (Å²) in [5, 5.41) is 0.123. The van der Waals surface area contributed by atoms with Crippen molar-refractivity contribution in [3.05, 3.63) is 93.5 Å². The first-order chi connectivity index (χ1) is 16.0. The van der Waals surface area contributed by atoms with Crippen molar-refractivity contribution in [1.82, 2.24) is 9.03 Å². The first-order valence-corrected chi connectivity index (χ1v) is 12.5. The van der Waals surface area contributed by atoms with E-state index in [1.807, 2.05) is 0 Å². The van der Waals surface area contributed by atoms with Crippen molar-refractivity contribution in [1.29, 1.82) is 0 Å². The summed E-state index contributed by atoms with van der Waals surface area (Å²) in [5.74, 6) is -1.39. The highest BCUT2D eigenvalue weighted by Crippen LogP contribution is 2.34. The molecule has 0 unspecified atom stereocenters. The molecular formula is C24H20Cl2F2N2O3S. The lowest BCUT2D eigenvalue weighted by molar-refractivity contribution is -0.122. The molecule has 0 amide bonds. The van der Waals surface area contributed by atoms with Gasteiger partial charge in [0, 0.05) is 25.1 Å². The number of carbonyl (C=O) groups is 1. The van der Waals surface area contributed by atoms with Crippen molar-refractivity contribution >= 4 is 39.2 Å². The van der Waals surface area contributed by atoms with Crippen LogP contribution >= 0.6 is 23.2 Å². The van der Waals surface area contributed by atoms with Crippen LogP contribution in [-0.4, -0.2) is 31.6 Å². The molecule has 0 spiro atoms. The summed E-state index contributed by atoms with van der Waals surface area (Å²) in [5.41, 5.74) is 2.41. The Labute approximate surface area is 206 Å². The monoisotopic (exact) mass is 524 g/mol. The normalized spacial score (nSPS) is 20.3. The van der Waals surface area contributed by atoms with Gasteiger partial charge >= 0.3 is 0 Å². The molecule has 3 aromatic carbocycles. The van der Waals surface area contributed by atoms with Gasteiger partial charge in [0.2, 0.25) is 0 Å². The van der Waals surface area contributed by atoms with Gasteiger partial charge < -0.3 is 0 Å². The van der Waals surface area contributed by atoms with E-state index >= 15 is 0 Å². The maximum absolute atomic E-state index is 13.5. The van der Waals surface area contributed by atoms with Crippen LogP contribution in [0.3, 0.4) is 0 Å². The molecule has 0 radical (unpaired) electrons. The van der Waals surface area contributed by atoms with Crippen LogP contribution in [0.1, 0.15) is 23.6 Å². The fourth-order valence-electron chi connectivity index (χ4n) is 4.00. The van der Waals surface area contributed by atoms with Crippen LogP contribution in [0.2, 0.25) is 10.0 Å². The molecule has 1 N–H and O–H groups in total. The van der Waals surface area contributed by atoms with E-state index in [2.05, 4.69) is 4.72 Å². The van der Waals surface area contributed by atoms with Gasteiger partial charge in [-0.25, -0.2) is 8.78 Å². The first kappa shape index (κ1) is 24.8. The van der Waals surface area contributed by atoms with E-state index in [1.165, 1.54) is 37.4 Å². The molecule has 2 atom stereocenters. The van der Waals surface area contributed by atoms with Crippen molar-refractivity contribution in [2.75, 3.05) is 7.05 Å². The molecule has 0 bridgehead atoms. The lowest BCUT2D eigenvalue weighted by Crippen LogP contribution is -2.55. The minimum absolute atomic E-state index is 0.0948. The number of benzene rings is 3. The molecule has 0 aromatic heterocycles. The summed E-state index contributed by atoms with van der Waals surface area (Å²) < 4.78 is 56.1. The molecule has 0 saturated carbocycles. The minimum atomic E-state index is -3.95. The Morgan fingerprint density at radius 1 is 1.06 bits per heavy atom.